The van der Waals surface area contributed by atoms with Crippen molar-refractivity contribution in [1.82, 2.24) is 15.1 Å². The fourth-order valence-electron chi connectivity index (χ4n) is 1.97. The second-order valence-electron chi connectivity index (χ2n) is 4.47. The maximum Gasteiger partial charge on any atom is 0.221 e. The van der Waals surface area contributed by atoms with Crippen molar-refractivity contribution in [3.8, 4) is 5.75 Å². The molecule has 0 atom stereocenters. The van der Waals surface area contributed by atoms with E-state index in [1.54, 1.807) is 18.0 Å². The van der Waals surface area contributed by atoms with Gasteiger partial charge in [0.05, 0.1) is 25.4 Å². The van der Waals surface area contributed by atoms with Crippen LogP contribution in [0.2, 0.25) is 0 Å². The van der Waals surface area contributed by atoms with Gasteiger partial charge in [-0.15, -0.1) is 0 Å². The number of amides is 1. The molecule has 1 aromatic carbocycles. The summed E-state index contributed by atoms with van der Waals surface area (Å²) in [6.07, 6.45) is 2.71. The molecule has 108 valence electrons. The molecule has 0 radical (unpaired) electrons. The number of aliphatic hydroxyl groups is 1. The first kappa shape index (κ1) is 14.3. The number of rotatable bonds is 7. The first-order valence-corrected chi connectivity index (χ1v) is 6.61. The molecule has 1 amide bonds. The molecule has 0 bridgehead atoms. The van der Waals surface area contributed by atoms with Crippen LogP contribution in [0.15, 0.2) is 24.4 Å². The normalized spacial score (nSPS) is 10.7. The number of carbonyl (C=O) groups excluding carboxylic acids is 1. The van der Waals surface area contributed by atoms with E-state index in [2.05, 4.69) is 10.4 Å². The molecular formula is C14H19N3O3. The Morgan fingerprint density at radius 3 is 3.10 bits per heavy atom. The zero-order chi connectivity index (χ0) is 14.4. The Hall–Kier alpha value is -2.08. The summed E-state index contributed by atoms with van der Waals surface area (Å²) in [6.45, 7) is 1.12. The maximum atomic E-state index is 11.6. The molecule has 0 fully saturated rings. The lowest BCUT2D eigenvalue weighted by Crippen LogP contribution is -2.26. The van der Waals surface area contributed by atoms with E-state index in [0.717, 1.165) is 16.7 Å². The van der Waals surface area contributed by atoms with Gasteiger partial charge in [0, 0.05) is 25.0 Å². The number of aryl methyl sites for hydroxylation is 1. The summed E-state index contributed by atoms with van der Waals surface area (Å²) in [7, 11) is 1.63. The van der Waals surface area contributed by atoms with Gasteiger partial charge in [0.25, 0.3) is 0 Å². The monoisotopic (exact) mass is 277 g/mol. The molecule has 20 heavy (non-hydrogen) atoms. The second-order valence-corrected chi connectivity index (χ2v) is 4.47. The van der Waals surface area contributed by atoms with E-state index in [-0.39, 0.29) is 12.5 Å². The zero-order valence-electron chi connectivity index (χ0n) is 11.5. The van der Waals surface area contributed by atoms with Crippen LogP contribution < -0.4 is 10.1 Å². The number of carbonyl (C=O) groups is 1. The van der Waals surface area contributed by atoms with E-state index in [4.69, 9.17) is 9.84 Å². The highest BCUT2D eigenvalue weighted by Crippen LogP contribution is 2.20. The van der Waals surface area contributed by atoms with E-state index in [1.165, 1.54) is 0 Å². The Kier molecular flexibility index (Phi) is 4.95. The van der Waals surface area contributed by atoms with Gasteiger partial charge in [0.2, 0.25) is 5.91 Å². The molecular weight excluding hydrogens is 258 g/mol. The summed E-state index contributed by atoms with van der Waals surface area (Å²) < 4.78 is 6.97. The van der Waals surface area contributed by atoms with E-state index in [1.807, 2.05) is 18.2 Å². The average molecular weight is 277 g/mol. The summed E-state index contributed by atoms with van der Waals surface area (Å²) in [5, 5.41) is 16.7. The highest BCUT2D eigenvalue weighted by atomic mass is 16.5. The minimum absolute atomic E-state index is 0.0318. The molecule has 1 aromatic heterocycles. The Morgan fingerprint density at radius 2 is 2.35 bits per heavy atom. The molecule has 0 aliphatic rings. The predicted molar refractivity (Wildman–Crippen MR) is 75.6 cm³/mol. The molecule has 1 heterocycles. The van der Waals surface area contributed by atoms with Gasteiger partial charge < -0.3 is 15.2 Å². The Morgan fingerprint density at radius 1 is 1.50 bits per heavy atom. The summed E-state index contributed by atoms with van der Waals surface area (Å²) in [5.74, 6) is 0.759. The Balaban J connectivity index is 1.95. The number of methoxy groups -OCH3 is 1. The van der Waals surface area contributed by atoms with Crippen LogP contribution in [-0.2, 0) is 11.3 Å². The van der Waals surface area contributed by atoms with Crippen LogP contribution in [0.5, 0.6) is 5.75 Å². The molecule has 6 heteroatoms. The van der Waals surface area contributed by atoms with Crippen molar-refractivity contribution >= 4 is 16.8 Å². The first-order valence-electron chi connectivity index (χ1n) is 6.61. The standard InChI is InChI=1S/C14H19N3O3/c1-20-12-3-4-13-11(9-12)10-16-17(13)7-5-14(19)15-6-2-8-18/h3-4,9-10,18H,2,5-8H2,1H3,(H,15,19). The van der Waals surface area contributed by atoms with Crippen molar-refractivity contribution in [1.29, 1.82) is 0 Å². The third-order valence-corrected chi connectivity index (χ3v) is 3.06. The Bertz CT molecular complexity index is 580. The number of benzene rings is 1. The van der Waals surface area contributed by atoms with Gasteiger partial charge in [0.15, 0.2) is 0 Å². The van der Waals surface area contributed by atoms with Gasteiger partial charge in [-0.3, -0.25) is 9.48 Å². The largest absolute Gasteiger partial charge is 0.497 e. The second kappa shape index (κ2) is 6.91. The molecule has 2 N–H and O–H groups in total. The lowest BCUT2D eigenvalue weighted by Gasteiger charge is -2.06. The SMILES string of the molecule is COc1ccc2c(cnn2CCC(=O)NCCCO)c1. The van der Waals surface area contributed by atoms with Crippen LogP contribution in [0.3, 0.4) is 0 Å². The highest BCUT2D eigenvalue weighted by Gasteiger charge is 2.06. The topological polar surface area (TPSA) is 76.4 Å². The molecule has 6 nitrogen and oxygen atoms in total. The number of aliphatic hydroxyl groups excluding tert-OH is 1. The number of nitrogens with one attached hydrogen (secondary N) is 1. The molecule has 0 spiro atoms. The molecule has 0 aliphatic heterocycles. The summed E-state index contributed by atoms with van der Waals surface area (Å²) >= 11 is 0. The molecule has 0 saturated carbocycles. The van der Waals surface area contributed by atoms with Gasteiger partial charge in [-0.2, -0.15) is 5.10 Å². The highest BCUT2D eigenvalue weighted by molar-refractivity contribution is 5.80. The van der Waals surface area contributed by atoms with E-state index in [0.29, 0.717) is 25.9 Å². The lowest BCUT2D eigenvalue weighted by atomic mass is 10.2. The summed E-state index contributed by atoms with van der Waals surface area (Å²) in [6, 6.07) is 5.73. The minimum Gasteiger partial charge on any atom is -0.497 e. The molecule has 2 rings (SSSR count). The van der Waals surface area contributed by atoms with Crippen molar-refractivity contribution < 1.29 is 14.6 Å². The lowest BCUT2D eigenvalue weighted by molar-refractivity contribution is -0.121. The van der Waals surface area contributed by atoms with Crippen LogP contribution in [0.4, 0.5) is 0 Å². The number of hydrogen-bond acceptors (Lipinski definition) is 4. The predicted octanol–water partition coefficient (Wildman–Crippen LogP) is 0.934. The van der Waals surface area contributed by atoms with Gasteiger partial charge in [0.1, 0.15) is 5.75 Å². The van der Waals surface area contributed by atoms with Crippen LogP contribution in [-0.4, -0.2) is 41.1 Å². The summed E-state index contributed by atoms with van der Waals surface area (Å²) in [4.78, 5) is 11.6. The van der Waals surface area contributed by atoms with Crippen LogP contribution >= 0.6 is 0 Å². The van der Waals surface area contributed by atoms with Gasteiger partial charge >= 0.3 is 0 Å². The fourth-order valence-corrected chi connectivity index (χ4v) is 1.97. The summed E-state index contributed by atoms with van der Waals surface area (Å²) in [5.41, 5.74) is 0.981. The molecule has 0 saturated heterocycles. The van der Waals surface area contributed by atoms with E-state index >= 15 is 0 Å². The van der Waals surface area contributed by atoms with E-state index < -0.39 is 0 Å². The molecule has 2 aromatic rings. The number of ether oxygens (including phenoxy) is 1. The van der Waals surface area contributed by atoms with Crippen molar-refractivity contribution in [3.05, 3.63) is 24.4 Å². The maximum absolute atomic E-state index is 11.6. The van der Waals surface area contributed by atoms with E-state index in [9.17, 15) is 4.79 Å². The molecule has 0 aliphatic carbocycles. The van der Waals surface area contributed by atoms with Gasteiger partial charge in [-0.25, -0.2) is 0 Å². The van der Waals surface area contributed by atoms with Crippen molar-refractivity contribution in [2.75, 3.05) is 20.3 Å². The van der Waals surface area contributed by atoms with Gasteiger partial charge in [-0.05, 0) is 24.6 Å². The first-order chi connectivity index (χ1) is 9.74. The third-order valence-electron chi connectivity index (χ3n) is 3.06. The van der Waals surface area contributed by atoms with Crippen molar-refractivity contribution in [2.45, 2.75) is 19.4 Å². The smallest absolute Gasteiger partial charge is 0.221 e. The van der Waals surface area contributed by atoms with Crippen LogP contribution in [0, 0.1) is 0 Å². The van der Waals surface area contributed by atoms with Crippen LogP contribution in [0.25, 0.3) is 10.9 Å². The van der Waals surface area contributed by atoms with Crippen LogP contribution in [0.1, 0.15) is 12.8 Å². The van der Waals surface area contributed by atoms with Crippen molar-refractivity contribution in [3.63, 3.8) is 0 Å². The number of nitrogens with zero attached hydrogens (tertiary/aromatic N) is 2. The average Bonchev–Trinajstić information content (AvgIpc) is 2.87. The minimum atomic E-state index is -0.0318. The third kappa shape index (κ3) is 3.48. The fraction of sp³-hybridized carbons (Fsp3) is 0.429. The quantitative estimate of drug-likeness (QED) is 0.738. The van der Waals surface area contributed by atoms with Crippen molar-refractivity contribution in [2.24, 2.45) is 0 Å². The van der Waals surface area contributed by atoms with Gasteiger partial charge in [-0.1, -0.05) is 0 Å². The molecule has 0 unspecified atom stereocenters. The zero-order valence-corrected chi connectivity index (χ0v) is 11.5. The number of aromatic nitrogens is 2. The number of fused-ring (bicyclic) bond motifs is 1. The number of hydrogen-bond donors (Lipinski definition) is 2. The Labute approximate surface area is 117 Å².